The summed E-state index contributed by atoms with van der Waals surface area (Å²) in [4.78, 5) is 0.120. The zero-order chi connectivity index (χ0) is 17.3. The minimum absolute atomic E-state index is 0.107. The highest BCUT2D eigenvalue weighted by atomic mass is 35.5. The quantitative estimate of drug-likeness (QED) is 0.641. The number of phenolic OH excluding ortho intramolecular Hbond substituents is 1. The Morgan fingerprint density at radius 2 is 2.08 bits per heavy atom. The van der Waals surface area contributed by atoms with Crippen molar-refractivity contribution in [3.63, 3.8) is 0 Å². The second-order valence-corrected chi connectivity index (χ2v) is 6.84. The molecular formula is C15H12ClN3O4S. The summed E-state index contributed by atoms with van der Waals surface area (Å²) in [6, 6.07) is 9.38. The average molecular weight is 366 g/mol. The van der Waals surface area contributed by atoms with Crippen LogP contribution >= 0.6 is 11.6 Å². The van der Waals surface area contributed by atoms with E-state index < -0.39 is 10.0 Å². The summed E-state index contributed by atoms with van der Waals surface area (Å²) in [5.74, 6) is 0.180. The van der Waals surface area contributed by atoms with Gasteiger partial charge >= 0.3 is 0 Å². The topological polar surface area (TPSA) is 100 Å². The van der Waals surface area contributed by atoms with Gasteiger partial charge in [0, 0.05) is 22.2 Å². The van der Waals surface area contributed by atoms with Crippen LogP contribution in [0.1, 0.15) is 11.1 Å². The monoisotopic (exact) mass is 365 g/mol. The molecule has 24 heavy (non-hydrogen) atoms. The summed E-state index contributed by atoms with van der Waals surface area (Å²) >= 11 is 5.93. The van der Waals surface area contributed by atoms with Crippen molar-refractivity contribution < 1.29 is 18.3 Å². The molecule has 0 atom stereocenters. The van der Waals surface area contributed by atoms with Gasteiger partial charge in [0.1, 0.15) is 4.90 Å². The van der Waals surface area contributed by atoms with Gasteiger partial charge < -0.3 is 9.84 Å². The molecule has 1 heterocycles. The normalized spacial score (nSPS) is 15.2. The molecule has 0 radical (unpaired) electrons. The van der Waals surface area contributed by atoms with Crippen molar-refractivity contribution >= 4 is 33.7 Å². The number of fused-ring (bicyclic) bond motifs is 1. The smallest absolute Gasteiger partial charge is 0.285 e. The van der Waals surface area contributed by atoms with Crippen molar-refractivity contribution in [2.45, 2.75) is 4.90 Å². The third kappa shape index (κ3) is 2.93. The molecule has 1 aliphatic heterocycles. The van der Waals surface area contributed by atoms with E-state index in [0.717, 1.165) is 0 Å². The zero-order valence-electron chi connectivity index (χ0n) is 12.4. The van der Waals surface area contributed by atoms with Crippen LogP contribution in [-0.4, -0.2) is 32.7 Å². The van der Waals surface area contributed by atoms with Crippen molar-refractivity contribution in [1.29, 1.82) is 0 Å². The lowest BCUT2D eigenvalue weighted by atomic mass is 10.2. The fraction of sp³-hybridized carbons (Fsp3) is 0.0667. The lowest BCUT2D eigenvalue weighted by Crippen LogP contribution is -2.17. The molecular weight excluding hydrogens is 354 g/mol. The number of benzene rings is 2. The highest BCUT2D eigenvalue weighted by Crippen LogP contribution is 2.32. The Morgan fingerprint density at radius 1 is 1.33 bits per heavy atom. The van der Waals surface area contributed by atoms with E-state index in [4.69, 9.17) is 16.3 Å². The molecule has 0 aliphatic carbocycles. The van der Waals surface area contributed by atoms with Gasteiger partial charge in [-0.15, -0.1) is 4.40 Å². The van der Waals surface area contributed by atoms with E-state index >= 15 is 0 Å². The van der Waals surface area contributed by atoms with Crippen LogP contribution in [0.4, 0.5) is 0 Å². The fourth-order valence-corrected chi connectivity index (χ4v) is 3.59. The summed E-state index contributed by atoms with van der Waals surface area (Å²) in [5.41, 5.74) is 3.31. The Morgan fingerprint density at radius 3 is 2.83 bits per heavy atom. The molecule has 7 nitrogen and oxygen atoms in total. The Kier molecular flexibility index (Phi) is 4.16. The van der Waals surface area contributed by atoms with E-state index in [9.17, 15) is 13.5 Å². The molecule has 0 bridgehead atoms. The number of sulfonamides is 1. The predicted molar refractivity (Wildman–Crippen MR) is 90.6 cm³/mol. The second kappa shape index (κ2) is 6.14. The molecule has 3 rings (SSSR count). The molecule has 2 aromatic rings. The zero-order valence-corrected chi connectivity index (χ0v) is 14.0. The van der Waals surface area contributed by atoms with Crippen molar-refractivity contribution in [1.82, 2.24) is 5.43 Å². The molecule has 0 saturated heterocycles. The number of ether oxygens (including phenoxy) is 1. The highest BCUT2D eigenvalue weighted by Gasteiger charge is 2.28. The first-order valence-electron chi connectivity index (χ1n) is 6.72. The molecule has 0 saturated carbocycles. The molecule has 0 spiro atoms. The summed E-state index contributed by atoms with van der Waals surface area (Å²) in [6.07, 6.45) is 1.29. The van der Waals surface area contributed by atoms with E-state index in [1.807, 2.05) is 0 Å². The summed E-state index contributed by atoms with van der Waals surface area (Å²) in [7, 11) is -2.31. The van der Waals surface area contributed by atoms with Crippen LogP contribution in [0.3, 0.4) is 0 Å². The molecule has 9 heteroatoms. The van der Waals surface area contributed by atoms with Gasteiger partial charge in [-0.05, 0) is 18.2 Å². The first-order chi connectivity index (χ1) is 11.4. The van der Waals surface area contributed by atoms with Crippen LogP contribution in [0.2, 0.25) is 5.02 Å². The van der Waals surface area contributed by atoms with Crippen LogP contribution in [0.25, 0.3) is 0 Å². The van der Waals surface area contributed by atoms with Crippen molar-refractivity contribution in [2.24, 2.45) is 9.50 Å². The van der Waals surface area contributed by atoms with Gasteiger partial charge in [0.25, 0.3) is 10.0 Å². The molecule has 0 aromatic heterocycles. The van der Waals surface area contributed by atoms with Gasteiger partial charge in [-0.1, -0.05) is 23.7 Å². The van der Waals surface area contributed by atoms with E-state index in [1.54, 1.807) is 18.2 Å². The Hall–Kier alpha value is -2.58. The van der Waals surface area contributed by atoms with E-state index in [-0.39, 0.29) is 22.2 Å². The van der Waals surface area contributed by atoms with E-state index in [1.165, 1.54) is 31.5 Å². The molecule has 0 amide bonds. The van der Waals surface area contributed by atoms with Crippen molar-refractivity contribution in [3.05, 3.63) is 52.5 Å². The molecule has 124 valence electrons. The lowest BCUT2D eigenvalue weighted by Gasteiger charge is -2.06. The molecule has 2 N–H and O–H groups in total. The fourth-order valence-electron chi connectivity index (χ4n) is 2.20. The van der Waals surface area contributed by atoms with Crippen LogP contribution < -0.4 is 10.2 Å². The number of rotatable bonds is 3. The van der Waals surface area contributed by atoms with E-state index in [0.29, 0.717) is 16.1 Å². The van der Waals surface area contributed by atoms with Crippen LogP contribution in [0, 0.1) is 0 Å². The number of hydrogen-bond acceptors (Lipinski definition) is 6. The molecule has 2 aromatic carbocycles. The largest absolute Gasteiger partial charge is 0.504 e. The van der Waals surface area contributed by atoms with Gasteiger partial charge in [0.05, 0.1) is 13.3 Å². The number of nitrogens with zero attached hydrogens (tertiary/aromatic N) is 2. The van der Waals surface area contributed by atoms with Crippen LogP contribution in [0.15, 0.2) is 50.8 Å². The summed E-state index contributed by atoms with van der Waals surface area (Å²) in [6.45, 7) is 0. The number of phenols is 1. The van der Waals surface area contributed by atoms with Gasteiger partial charge in [-0.2, -0.15) is 13.5 Å². The molecule has 0 fully saturated rings. The molecule has 1 aliphatic rings. The standard InChI is InChI=1S/C15H12ClN3O4S/c1-23-12-7-10(16)6-9(14(12)20)8-17-18-15-11-4-2-3-5-13(11)24(21,22)19-15/h2-8,20H,1H3,(H,18,19). The first kappa shape index (κ1) is 16.3. The number of methoxy groups -OCH3 is 1. The second-order valence-electron chi connectivity index (χ2n) is 4.83. The number of hydrazone groups is 1. The van der Waals surface area contributed by atoms with Gasteiger partial charge in [0.2, 0.25) is 0 Å². The van der Waals surface area contributed by atoms with Gasteiger partial charge in [-0.3, -0.25) is 5.43 Å². The van der Waals surface area contributed by atoms with Gasteiger partial charge in [-0.25, -0.2) is 0 Å². The van der Waals surface area contributed by atoms with E-state index in [2.05, 4.69) is 14.9 Å². The number of aromatic hydroxyl groups is 1. The summed E-state index contributed by atoms with van der Waals surface area (Å²) < 4.78 is 32.5. The minimum atomic E-state index is -3.71. The van der Waals surface area contributed by atoms with Crippen LogP contribution in [-0.2, 0) is 10.0 Å². The number of amidine groups is 1. The van der Waals surface area contributed by atoms with Gasteiger partial charge in [0.15, 0.2) is 17.3 Å². The first-order valence-corrected chi connectivity index (χ1v) is 8.54. The number of halogens is 1. The minimum Gasteiger partial charge on any atom is -0.504 e. The third-order valence-corrected chi connectivity index (χ3v) is 4.85. The predicted octanol–water partition coefficient (Wildman–Crippen LogP) is 2.13. The maximum Gasteiger partial charge on any atom is 0.285 e. The third-order valence-electron chi connectivity index (χ3n) is 3.29. The number of hydrogen-bond donors (Lipinski definition) is 2. The Balaban J connectivity index is 1.88. The maximum atomic E-state index is 11.9. The maximum absolute atomic E-state index is 11.9. The molecule has 0 unspecified atom stereocenters. The van der Waals surface area contributed by atoms with Crippen molar-refractivity contribution in [3.8, 4) is 11.5 Å². The Labute approximate surface area is 143 Å². The van der Waals surface area contributed by atoms with Crippen LogP contribution in [0.5, 0.6) is 11.5 Å². The van der Waals surface area contributed by atoms with Crippen molar-refractivity contribution in [2.75, 3.05) is 7.11 Å². The highest BCUT2D eigenvalue weighted by molar-refractivity contribution is 7.90. The lowest BCUT2D eigenvalue weighted by molar-refractivity contribution is 0.373. The average Bonchev–Trinajstić information content (AvgIpc) is 2.82. The number of nitrogens with one attached hydrogen (secondary N) is 1. The Bertz CT molecular complexity index is 971. The SMILES string of the molecule is COc1cc(Cl)cc(C=NNC2=NS(=O)(=O)c3ccccc32)c1O. The summed E-state index contributed by atoms with van der Waals surface area (Å²) in [5, 5.41) is 14.3.